The van der Waals surface area contributed by atoms with Crippen molar-refractivity contribution in [2.45, 2.75) is 19.8 Å². The molecule has 2 heterocycles. The molecule has 1 atom stereocenters. The van der Waals surface area contributed by atoms with Crippen LogP contribution in [0.2, 0.25) is 0 Å². The summed E-state index contributed by atoms with van der Waals surface area (Å²) in [5.74, 6) is 0.917. The van der Waals surface area contributed by atoms with E-state index < -0.39 is 0 Å². The number of ether oxygens (including phenoxy) is 3. The number of carbonyl (C=O) groups excluding carboxylic acids is 2. The van der Waals surface area contributed by atoms with E-state index in [9.17, 15) is 9.59 Å². The van der Waals surface area contributed by atoms with Crippen molar-refractivity contribution in [2.24, 2.45) is 5.92 Å². The van der Waals surface area contributed by atoms with Crippen molar-refractivity contribution < 1.29 is 23.8 Å². The van der Waals surface area contributed by atoms with Crippen molar-refractivity contribution in [1.29, 1.82) is 0 Å². The Labute approximate surface area is 173 Å². The number of hydrogen-bond donors (Lipinski definition) is 1. The van der Waals surface area contributed by atoms with E-state index in [1.807, 2.05) is 17.5 Å². The van der Waals surface area contributed by atoms with Crippen molar-refractivity contribution in [3.05, 3.63) is 23.6 Å². The summed E-state index contributed by atoms with van der Waals surface area (Å²) in [5, 5.41) is 5.25. The third-order valence-electron chi connectivity index (χ3n) is 4.74. The molecule has 2 amide bonds. The van der Waals surface area contributed by atoms with E-state index in [0.717, 1.165) is 18.4 Å². The first kappa shape index (κ1) is 20.9. The molecule has 1 aliphatic heterocycles. The van der Waals surface area contributed by atoms with Gasteiger partial charge in [-0.3, -0.25) is 4.79 Å². The third-order valence-corrected chi connectivity index (χ3v) is 5.49. The zero-order chi connectivity index (χ0) is 20.8. The zero-order valence-corrected chi connectivity index (χ0v) is 17.6. The average molecular weight is 420 g/mol. The molecule has 1 aromatic heterocycles. The summed E-state index contributed by atoms with van der Waals surface area (Å²) in [4.78, 5) is 30.7. The Morgan fingerprint density at radius 1 is 1.31 bits per heavy atom. The molecule has 0 radical (unpaired) electrons. The lowest BCUT2D eigenvalue weighted by atomic mass is 9.97. The number of piperidine rings is 1. The third kappa shape index (κ3) is 4.97. The number of methoxy groups -OCH3 is 2. The Hall–Kier alpha value is -2.81. The maximum atomic E-state index is 12.7. The average Bonchev–Trinajstić information content (AvgIpc) is 3.21. The lowest BCUT2D eigenvalue weighted by Gasteiger charge is -2.30. The molecule has 1 N–H and O–H groups in total. The second-order valence-electron chi connectivity index (χ2n) is 6.58. The number of rotatable bonds is 6. The molecular weight excluding hydrogens is 394 g/mol. The van der Waals surface area contributed by atoms with Gasteiger partial charge in [-0.05, 0) is 31.9 Å². The molecule has 0 spiro atoms. The summed E-state index contributed by atoms with van der Waals surface area (Å²) in [7, 11) is 3.19. The van der Waals surface area contributed by atoms with Crippen LogP contribution in [0.15, 0.2) is 23.6 Å². The Balaban J connectivity index is 1.67. The highest BCUT2D eigenvalue weighted by molar-refractivity contribution is 7.14. The number of nitrogens with one attached hydrogen (secondary N) is 1. The van der Waals surface area contributed by atoms with E-state index in [0.29, 0.717) is 42.0 Å². The molecule has 8 nitrogen and oxygen atoms in total. The minimum Gasteiger partial charge on any atom is -0.497 e. The predicted molar refractivity (Wildman–Crippen MR) is 111 cm³/mol. The van der Waals surface area contributed by atoms with E-state index in [2.05, 4.69) is 10.3 Å². The van der Waals surface area contributed by atoms with Gasteiger partial charge in [0.2, 0.25) is 5.91 Å². The first-order chi connectivity index (χ1) is 14.0. The zero-order valence-electron chi connectivity index (χ0n) is 16.8. The smallest absolute Gasteiger partial charge is 0.409 e. The van der Waals surface area contributed by atoms with Crippen molar-refractivity contribution in [3.63, 3.8) is 0 Å². The van der Waals surface area contributed by atoms with Gasteiger partial charge in [0.05, 0.1) is 32.4 Å². The van der Waals surface area contributed by atoms with Crippen LogP contribution in [0.1, 0.15) is 19.8 Å². The fraction of sp³-hybridized carbons (Fsp3) is 0.450. The van der Waals surface area contributed by atoms with E-state index in [1.54, 1.807) is 32.1 Å². The monoisotopic (exact) mass is 419 g/mol. The molecule has 1 fully saturated rings. The number of anilines is 1. The van der Waals surface area contributed by atoms with Gasteiger partial charge in [0.1, 0.15) is 11.5 Å². The molecule has 29 heavy (non-hydrogen) atoms. The number of likely N-dealkylation sites (tertiary alicyclic amines) is 1. The van der Waals surface area contributed by atoms with Gasteiger partial charge < -0.3 is 24.4 Å². The number of aromatic nitrogens is 1. The van der Waals surface area contributed by atoms with E-state index >= 15 is 0 Å². The molecular formula is C20H25N3O5S. The molecule has 3 rings (SSSR count). The summed E-state index contributed by atoms with van der Waals surface area (Å²) >= 11 is 1.35. The van der Waals surface area contributed by atoms with Crippen LogP contribution in [-0.2, 0) is 9.53 Å². The molecule has 1 saturated heterocycles. The summed E-state index contributed by atoms with van der Waals surface area (Å²) in [6, 6.07) is 5.50. The highest BCUT2D eigenvalue weighted by Gasteiger charge is 2.29. The second kappa shape index (κ2) is 9.60. The molecule has 9 heteroatoms. The predicted octanol–water partition coefficient (Wildman–Crippen LogP) is 3.63. The molecule has 1 aliphatic rings. The Bertz CT molecular complexity index is 870. The summed E-state index contributed by atoms with van der Waals surface area (Å²) in [6.45, 7) is 3.06. The minimum atomic E-state index is -0.367. The largest absolute Gasteiger partial charge is 0.497 e. The van der Waals surface area contributed by atoms with E-state index in [-0.39, 0.29) is 17.9 Å². The van der Waals surface area contributed by atoms with Crippen molar-refractivity contribution in [3.8, 4) is 22.8 Å². The van der Waals surface area contributed by atoms with Crippen LogP contribution < -0.4 is 14.8 Å². The lowest BCUT2D eigenvalue weighted by molar-refractivity contribution is -0.121. The quantitative estimate of drug-likeness (QED) is 0.769. The topological polar surface area (TPSA) is 90.0 Å². The highest BCUT2D eigenvalue weighted by Crippen LogP contribution is 2.35. The normalized spacial score (nSPS) is 16.2. The summed E-state index contributed by atoms with van der Waals surface area (Å²) in [5.41, 5.74) is 1.53. The van der Waals surface area contributed by atoms with Gasteiger partial charge in [-0.25, -0.2) is 9.78 Å². The standard InChI is InChI=1S/C20H25N3O5S/c1-4-28-20(25)23-9-5-6-13(11-23)18(24)22-19-21-16(12-29-19)15-8-7-14(26-2)10-17(15)27-3/h7-8,10,12-13H,4-6,9,11H2,1-3H3,(H,21,22,24)/t13-/m1/s1. The van der Waals surface area contributed by atoms with E-state index in [4.69, 9.17) is 14.2 Å². The van der Waals surface area contributed by atoms with Crippen LogP contribution in [0.3, 0.4) is 0 Å². The molecule has 0 saturated carbocycles. The molecule has 2 aromatic rings. The van der Waals surface area contributed by atoms with Crippen LogP contribution in [0.5, 0.6) is 11.5 Å². The Kier molecular flexibility index (Phi) is 6.92. The first-order valence-electron chi connectivity index (χ1n) is 9.46. The maximum Gasteiger partial charge on any atom is 0.409 e. The van der Waals surface area contributed by atoms with Gasteiger partial charge in [0.25, 0.3) is 0 Å². The number of nitrogens with zero attached hydrogens (tertiary/aromatic N) is 2. The minimum absolute atomic E-state index is 0.137. The molecule has 1 aromatic carbocycles. The Morgan fingerprint density at radius 2 is 2.14 bits per heavy atom. The summed E-state index contributed by atoms with van der Waals surface area (Å²) in [6.07, 6.45) is 1.13. The Morgan fingerprint density at radius 3 is 2.86 bits per heavy atom. The number of benzene rings is 1. The van der Waals surface area contributed by atoms with Crippen LogP contribution in [0.4, 0.5) is 9.93 Å². The fourth-order valence-electron chi connectivity index (χ4n) is 3.24. The van der Waals surface area contributed by atoms with Gasteiger partial charge in [-0.1, -0.05) is 0 Å². The number of hydrogen-bond acceptors (Lipinski definition) is 7. The van der Waals surface area contributed by atoms with Crippen molar-refractivity contribution >= 4 is 28.5 Å². The number of amides is 2. The van der Waals surface area contributed by atoms with Crippen LogP contribution in [0, 0.1) is 5.92 Å². The number of carbonyl (C=O) groups is 2. The first-order valence-corrected chi connectivity index (χ1v) is 10.3. The highest BCUT2D eigenvalue weighted by atomic mass is 32.1. The number of thiazole rings is 1. The van der Waals surface area contributed by atoms with Crippen LogP contribution >= 0.6 is 11.3 Å². The van der Waals surface area contributed by atoms with E-state index in [1.165, 1.54) is 11.3 Å². The van der Waals surface area contributed by atoms with Gasteiger partial charge in [-0.2, -0.15) is 0 Å². The maximum absolute atomic E-state index is 12.7. The van der Waals surface area contributed by atoms with Crippen LogP contribution in [-0.4, -0.2) is 55.8 Å². The SMILES string of the molecule is CCOC(=O)N1CCC[C@@H](C(=O)Nc2nc(-c3ccc(OC)cc3OC)cs2)C1. The van der Waals surface area contributed by atoms with Gasteiger partial charge in [0.15, 0.2) is 5.13 Å². The summed E-state index contributed by atoms with van der Waals surface area (Å²) < 4.78 is 15.7. The second-order valence-corrected chi connectivity index (χ2v) is 7.44. The van der Waals surface area contributed by atoms with Crippen LogP contribution in [0.25, 0.3) is 11.3 Å². The van der Waals surface area contributed by atoms with Crippen molar-refractivity contribution in [1.82, 2.24) is 9.88 Å². The fourth-order valence-corrected chi connectivity index (χ4v) is 3.96. The van der Waals surface area contributed by atoms with Crippen molar-refractivity contribution in [2.75, 3.05) is 39.2 Å². The van der Waals surface area contributed by atoms with Gasteiger partial charge in [-0.15, -0.1) is 11.3 Å². The molecule has 0 aliphatic carbocycles. The molecule has 0 bridgehead atoms. The molecule has 0 unspecified atom stereocenters. The van der Waals surface area contributed by atoms with Gasteiger partial charge in [0, 0.05) is 30.1 Å². The van der Waals surface area contributed by atoms with Gasteiger partial charge >= 0.3 is 6.09 Å². The lowest BCUT2D eigenvalue weighted by Crippen LogP contribution is -2.44. The molecule has 156 valence electrons.